The minimum atomic E-state index is -10.2. The Bertz CT molecular complexity index is 777. The molecule has 0 radical (unpaired) electrons. The van der Waals surface area contributed by atoms with Gasteiger partial charge in [0.2, 0.25) is 0 Å². The van der Waals surface area contributed by atoms with E-state index in [1.165, 1.54) is 0 Å². The SMILES string of the molecule is FC(C(F)(N(C(F)(F)F)C(F)(F)F)C(F)(F)F)C(F)(C(F)(C(F)(F)F)C(F)(F)F)C(F)(C(F)(F)F)C(F)(F)F. The van der Waals surface area contributed by atoms with Crippen molar-refractivity contribution in [3.8, 4) is 0 Å². The fourth-order valence-corrected chi connectivity index (χ4v) is 2.89. The third-order valence-corrected chi connectivity index (χ3v) is 4.48. The first-order valence-electron chi connectivity index (χ1n) is 7.94. The van der Waals surface area contributed by atoms with E-state index in [0.29, 0.717) is 0 Å². The highest BCUT2D eigenvalue weighted by Crippen LogP contribution is 2.69. The molecule has 0 aliphatic carbocycles. The average Bonchev–Trinajstić information content (AvgIpc) is 2.57. The molecule has 0 amide bonds. The Hall–Kier alpha value is -1.86. The molecule has 0 heterocycles. The number of rotatable bonds is 5. The maximum absolute atomic E-state index is 14.9. The van der Waals surface area contributed by atoms with Crippen LogP contribution in [0.5, 0.6) is 0 Å². The number of hydrogen-bond acceptors (Lipinski definition) is 1. The molecule has 236 valence electrons. The summed E-state index contributed by atoms with van der Waals surface area (Å²) < 4.78 is 341. The van der Waals surface area contributed by atoms with Crippen LogP contribution in [0.15, 0.2) is 0 Å². The minimum absolute atomic E-state index is 5.30. The number of nitrogens with zero attached hydrogens (tertiary/aromatic N) is 1. The predicted octanol–water partition coefficient (Wildman–Crippen LogP) is 8.27. The van der Waals surface area contributed by atoms with Gasteiger partial charge in [0.15, 0.2) is 6.17 Å². The Labute approximate surface area is 193 Å². The summed E-state index contributed by atoms with van der Waals surface area (Å²) in [5, 5.41) is 0. The maximum Gasteiger partial charge on any atom is 0.470 e. The van der Waals surface area contributed by atoms with E-state index >= 15 is 0 Å². The van der Waals surface area contributed by atoms with E-state index in [4.69, 9.17) is 0 Å². The van der Waals surface area contributed by atoms with Gasteiger partial charge >= 0.3 is 60.6 Å². The van der Waals surface area contributed by atoms with Crippen LogP contribution in [0, 0.1) is 0 Å². The molecule has 0 N–H and O–H groups in total. The van der Waals surface area contributed by atoms with Crippen LogP contribution in [0.4, 0.5) is 114 Å². The first kappa shape index (κ1) is 37.1. The Balaban J connectivity index is 8.88. The molecule has 0 aliphatic rings. The standard InChI is InChI=1S/C12HF26N/c13-1(3(15,6(18,19)20)39(11(33,34)35)12(36,37)38)2(14,4(16,7(21,22)23)8(24,25)26)5(17,9(27,28)29)10(30,31)32/h1H. The fraction of sp³-hybridized carbons (Fsp3) is 1.00. The van der Waals surface area contributed by atoms with E-state index < -0.39 is 77.4 Å². The van der Waals surface area contributed by atoms with Crippen molar-refractivity contribution in [1.29, 1.82) is 0 Å². The molecule has 0 bridgehead atoms. The third-order valence-electron chi connectivity index (χ3n) is 4.48. The van der Waals surface area contributed by atoms with Crippen molar-refractivity contribution in [2.45, 2.75) is 72.5 Å². The zero-order valence-electron chi connectivity index (χ0n) is 16.4. The normalized spacial score (nSPS) is 18.8. The van der Waals surface area contributed by atoms with Gasteiger partial charge in [0.25, 0.3) is 5.67 Å². The lowest BCUT2D eigenvalue weighted by molar-refractivity contribution is -0.494. The zero-order valence-corrected chi connectivity index (χ0v) is 16.4. The second kappa shape index (κ2) is 9.07. The van der Waals surface area contributed by atoms with Crippen molar-refractivity contribution in [1.82, 2.24) is 4.90 Å². The summed E-state index contributed by atoms with van der Waals surface area (Å²) in [5.41, 5.74) is -29.9. The summed E-state index contributed by atoms with van der Waals surface area (Å²) in [5.74, 6) is -9.39. The van der Waals surface area contributed by atoms with Crippen LogP contribution in [0.25, 0.3) is 0 Å². The lowest BCUT2D eigenvalue weighted by Crippen LogP contribution is -2.86. The maximum atomic E-state index is 14.9. The summed E-state index contributed by atoms with van der Waals surface area (Å²) in [4.78, 5) is -5.30. The van der Waals surface area contributed by atoms with Crippen LogP contribution in [0.2, 0.25) is 0 Å². The molecule has 0 saturated heterocycles. The summed E-state index contributed by atoms with van der Waals surface area (Å²) in [6.45, 7) is 0. The van der Waals surface area contributed by atoms with Gasteiger partial charge in [-0.1, -0.05) is 4.90 Å². The van der Waals surface area contributed by atoms with E-state index in [2.05, 4.69) is 0 Å². The van der Waals surface area contributed by atoms with E-state index in [1.54, 1.807) is 0 Å². The first-order valence-corrected chi connectivity index (χ1v) is 7.94. The molecule has 0 aromatic rings. The van der Waals surface area contributed by atoms with Crippen molar-refractivity contribution in [2.75, 3.05) is 0 Å². The van der Waals surface area contributed by atoms with Gasteiger partial charge in [-0.2, -0.15) is 92.2 Å². The molecule has 27 heteroatoms. The number of hydrogen-bond donors (Lipinski definition) is 0. The van der Waals surface area contributed by atoms with E-state index in [-0.39, 0.29) is 0 Å². The average molecular weight is 653 g/mol. The molecule has 2 atom stereocenters. The van der Waals surface area contributed by atoms with Gasteiger partial charge in [-0.15, -0.1) is 0 Å². The van der Waals surface area contributed by atoms with Crippen molar-refractivity contribution < 1.29 is 114 Å². The van der Waals surface area contributed by atoms with Gasteiger partial charge in [-0.3, -0.25) is 0 Å². The highest BCUT2D eigenvalue weighted by atomic mass is 19.5. The van der Waals surface area contributed by atoms with Gasteiger partial charge in [0.05, 0.1) is 0 Å². The second-order valence-corrected chi connectivity index (χ2v) is 6.82. The van der Waals surface area contributed by atoms with Crippen LogP contribution in [0.3, 0.4) is 0 Å². The van der Waals surface area contributed by atoms with Crippen molar-refractivity contribution in [3.63, 3.8) is 0 Å². The quantitative estimate of drug-likeness (QED) is 0.214. The lowest BCUT2D eigenvalue weighted by atomic mass is 9.66. The molecule has 2 unspecified atom stereocenters. The molecule has 0 aromatic carbocycles. The molecule has 0 fully saturated rings. The van der Waals surface area contributed by atoms with Gasteiger partial charge in [0.1, 0.15) is 0 Å². The second-order valence-electron chi connectivity index (χ2n) is 6.82. The smallest absolute Gasteiger partial charge is 0.238 e. The van der Waals surface area contributed by atoms with Crippen LogP contribution < -0.4 is 0 Å². The zero-order chi connectivity index (χ0) is 32.7. The summed E-state index contributed by atoms with van der Waals surface area (Å²) in [7, 11) is 0. The van der Waals surface area contributed by atoms with Crippen LogP contribution >= 0.6 is 0 Å². The van der Waals surface area contributed by atoms with Crippen LogP contribution in [-0.4, -0.2) is 77.4 Å². The molecular formula is C12HF26N. The Morgan fingerprint density at radius 2 is 0.538 bits per heavy atom. The van der Waals surface area contributed by atoms with Crippen molar-refractivity contribution in [2.24, 2.45) is 0 Å². The fourth-order valence-electron chi connectivity index (χ4n) is 2.89. The summed E-state index contributed by atoms with van der Waals surface area (Å²) in [6, 6.07) is 0. The monoisotopic (exact) mass is 653 g/mol. The highest BCUT2D eigenvalue weighted by Gasteiger charge is 3.01. The molecule has 1 nitrogen and oxygen atoms in total. The topological polar surface area (TPSA) is 3.24 Å². The molecular weight excluding hydrogens is 652 g/mol. The van der Waals surface area contributed by atoms with E-state index in [9.17, 15) is 114 Å². The minimum Gasteiger partial charge on any atom is -0.238 e. The largest absolute Gasteiger partial charge is 0.470 e. The molecule has 0 spiro atoms. The molecule has 0 rings (SSSR count). The number of alkyl halides is 26. The van der Waals surface area contributed by atoms with Crippen molar-refractivity contribution in [3.05, 3.63) is 0 Å². The molecule has 0 saturated carbocycles. The van der Waals surface area contributed by atoms with Crippen LogP contribution in [0.1, 0.15) is 0 Å². The summed E-state index contributed by atoms with van der Waals surface area (Å²) in [6.07, 6.45) is -71.4. The van der Waals surface area contributed by atoms with E-state index in [1.807, 2.05) is 0 Å². The van der Waals surface area contributed by atoms with Gasteiger partial charge in [-0.25, -0.2) is 22.0 Å². The van der Waals surface area contributed by atoms with E-state index in [0.717, 1.165) is 0 Å². The molecule has 39 heavy (non-hydrogen) atoms. The molecule has 0 aromatic heterocycles. The van der Waals surface area contributed by atoms with Crippen molar-refractivity contribution >= 4 is 0 Å². The number of halogens is 26. The lowest BCUT2D eigenvalue weighted by Gasteiger charge is -2.53. The highest BCUT2D eigenvalue weighted by molar-refractivity contribution is 5.29. The predicted molar refractivity (Wildman–Crippen MR) is 64.5 cm³/mol. The summed E-state index contributed by atoms with van der Waals surface area (Å²) >= 11 is 0. The first-order chi connectivity index (χ1) is 16.3. The molecule has 0 aliphatic heterocycles. The Morgan fingerprint density at radius 3 is 0.667 bits per heavy atom. The van der Waals surface area contributed by atoms with Gasteiger partial charge < -0.3 is 0 Å². The third kappa shape index (κ3) is 5.07. The van der Waals surface area contributed by atoms with Gasteiger partial charge in [0, 0.05) is 0 Å². The van der Waals surface area contributed by atoms with Crippen LogP contribution in [-0.2, 0) is 0 Å². The Kier molecular flexibility index (Phi) is 8.64. The Morgan fingerprint density at radius 1 is 0.333 bits per heavy atom. The van der Waals surface area contributed by atoms with Gasteiger partial charge in [-0.05, 0) is 0 Å².